The van der Waals surface area contributed by atoms with E-state index < -0.39 is 0 Å². The second-order valence-corrected chi connectivity index (χ2v) is 7.77. The second-order valence-electron chi connectivity index (χ2n) is 6.52. The quantitative estimate of drug-likeness (QED) is 0.496. The summed E-state index contributed by atoms with van der Waals surface area (Å²) in [7, 11) is 0. The molecular formula is C18H21Cl3N4. The van der Waals surface area contributed by atoms with Crippen molar-refractivity contribution in [3.05, 3.63) is 38.7 Å². The van der Waals surface area contributed by atoms with E-state index in [1.54, 1.807) is 16.8 Å². The average Bonchev–Trinajstić information content (AvgIpc) is 3.03. The topological polar surface area (TPSA) is 35.6 Å². The molecule has 0 unspecified atom stereocenters. The molecule has 2 aromatic heterocycles. The summed E-state index contributed by atoms with van der Waals surface area (Å²) < 4.78 is 4.01. The second kappa shape index (κ2) is 7.18. The first kappa shape index (κ1) is 18.6. The Labute approximate surface area is 162 Å². The van der Waals surface area contributed by atoms with Crippen molar-refractivity contribution in [1.82, 2.24) is 19.3 Å². The van der Waals surface area contributed by atoms with E-state index in [2.05, 4.69) is 30.4 Å². The van der Waals surface area contributed by atoms with Gasteiger partial charge in [0.15, 0.2) is 5.65 Å². The first-order valence-electron chi connectivity index (χ1n) is 8.45. The molecule has 0 amide bonds. The van der Waals surface area contributed by atoms with Gasteiger partial charge in [-0.05, 0) is 25.5 Å². The zero-order valence-electron chi connectivity index (χ0n) is 14.8. The zero-order chi connectivity index (χ0) is 18.3. The number of halogens is 3. The van der Waals surface area contributed by atoms with Gasteiger partial charge in [0, 0.05) is 17.5 Å². The molecule has 0 fully saturated rings. The summed E-state index contributed by atoms with van der Waals surface area (Å²) in [6.07, 6.45) is 2.22. The van der Waals surface area contributed by atoms with Crippen LogP contribution in [0.2, 0.25) is 15.1 Å². The maximum atomic E-state index is 6.41. The molecule has 25 heavy (non-hydrogen) atoms. The van der Waals surface area contributed by atoms with Crippen LogP contribution in [0.25, 0.3) is 16.9 Å². The van der Waals surface area contributed by atoms with Gasteiger partial charge in [0.05, 0.1) is 15.7 Å². The zero-order valence-corrected chi connectivity index (χ0v) is 17.0. The molecule has 0 radical (unpaired) electrons. The number of hydrogen-bond acceptors (Lipinski definition) is 2. The summed E-state index contributed by atoms with van der Waals surface area (Å²) in [6, 6.07) is 3.34. The molecule has 7 heteroatoms. The fourth-order valence-corrected chi connectivity index (χ4v) is 4.06. The maximum Gasteiger partial charge on any atom is 0.181 e. The maximum absolute atomic E-state index is 6.41. The monoisotopic (exact) mass is 398 g/mol. The van der Waals surface area contributed by atoms with E-state index in [4.69, 9.17) is 39.8 Å². The highest BCUT2D eigenvalue weighted by Crippen LogP contribution is 2.35. The number of imidazole rings is 1. The summed E-state index contributed by atoms with van der Waals surface area (Å²) in [5, 5.41) is 6.07. The first-order valence-corrected chi connectivity index (χ1v) is 9.59. The molecule has 0 aliphatic rings. The van der Waals surface area contributed by atoms with Gasteiger partial charge < -0.3 is 4.57 Å². The molecular weight excluding hydrogens is 379 g/mol. The van der Waals surface area contributed by atoms with Crippen LogP contribution in [-0.2, 0) is 6.54 Å². The minimum atomic E-state index is 0.313. The van der Waals surface area contributed by atoms with Crippen LogP contribution < -0.4 is 0 Å². The molecule has 2 heterocycles. The van der Waals surface area contributed by atoms with Crippen LogP contribution in [0.15, 0.2) is 12.1 Å². The van der Waals surface area contributed by atoms with E-state index >= 15 is 0 Å². The number of fused-ring (bicyclic) bond motifs is 1. The molecule has 0 spiro atoms. The number of hydrogen-bond donors (Lipinski definition) is 0. The molecule has 0 aliphatic heterocycles. The van der Waals surface area contributed by atoms with Gasteiger partial charge in [0.1, 0.15) is 17.0 Å². The molecule has 3 aromatic rings. The molecule has 0 atom stereocenters. The molecule has 1 aromatic carbocycles. The van der Waals surface area contributed by atoms with E-state index in [0.717, 1.165) is 42.1 Å². The van der Waals surface area contributed by atoms with Gasteiger partial charge in [-0.1, -0.05) is 62.0 Å². The van der Waals surface area contributed by atoms with Gasteiger partial charge in [-0.3, -0.25) is 0 Å². The van der Waals surface area contributed by atoms with Crippen LogP contribution in [0.3, 0.4) is 0 Å². The van der Waals surface area contributed by atoms with Gasteiger partial charge in [0.25, 0.3) is 0 Å². The fraction of sp³-hybridized carbons (Fsp3) is 0.444. The van der Waals surface area contributed by atoms with Crippen LogP contribution >= 0.6 is 34.8 Å². The number of rotatable bonds is 5. The summed E-state index contributed by atoms with van der Waals surface area (Å²) in [4.78, 5) is 4.88. The number of nitrogens with zero attached hydrogens (tertiary/aromatic N) is 4. The lowest BCUT2D eigenvalue weighted by molar-refractivity contribution is 0.593. The van der Waals surface area contributed by atoms with Crippen LogP contribution in [-0.4, -0.2) is 19.3 Å². The normalized spacial score (nSPS) is 11.8. The van der Waals surface area contributed by atoms with Gasteiger partial charge in [-0.2, -0.15) is 5.10 Å². The third-order valence-corrected chi connectivity index (χ3v) is 5.01. The Morgan fingerprint density at radius 3 is 2.32 bits per heavy atom. The molecule has 4 nitrogen and oxygen atoms in total. The van der Waals surface area contributed by atoms with Gasteiger partial charge in [-0.25, -0.2) is 9.67 Å². The number of aryl methyl sites for hydroxylation is 2. The van der Waals surface area contributed by atoms with Crippen molar-refractivity contribution in [2.24, 2.45) is 0 Å². The molecule has 0 saturated heterocycles. The molecule has 134 valence electrons. The molecule has 0 aliphatic carbocycles. The highest BCUT2D eigenvalue weighted by Gasteiger charge is 2.23. The van der Waals surface area contributed by atoms with Gasteiger partial charge in [-0.15, -0.1) is 0 Å². The van der Waals surface area contributed by atoms with Crippen LogP contribution in [0.5, 0.6) is 0 Å². The highest BCUT2D eigenvalue weighted by molar-refractivity contribution is 6.40. The van der Waals surface area contributed by atoms with Crippen molar-refractivity contribution in [3.8, 4) is 5.69 Å². The smallest absolute Gasteiger partial charge is 0.181 e. The Morgan fingerprint density at radius 2 is 1.76 bits per heavy atom. The minimum Gasteiger partial charge on any atom is -0.325 e. The summed E-state index contributed by atoms with van der Waals surface area (Å²) in [6.45, 7) is 9.41. The molecule has 0 saturated carbocycles. The Balaban J connectivity index is 2.29. The van der Waals surface area contributed by atoms with E-state index in [0.29, 0.717) is 26.7 Å². The Hall–Kier alpha value is -1.23. The average molecular weight is 400 g/mol. The minimum absolute atomic E-state index is 0.313. The van der Waals surface area contributed by atoms with E-state index in [1.807, 2.05) is 6.92 Å². The number of aromatic nitrogens is 4. The largest absolute Gasteiger partial charge is 0.325 e. The summed E-state index contributed by atoms with van der Waals surface area (Å²) in [5.74, 6) is 1.37. The van der Waals surface area contributed by atoms with Crippen molar-refractivity contribution >= 4 is 46.0 Å². The molecule has 0 bridgehead atoms. The molecule has 3 rings (SSSR count). The predicted molar refractivity (Wildman–Crippen MR) is 106 cm³/mol. The number of unbranched alkanes of at least 4 members (excludes halogenated alkanes) is 1. The van der Waals surface area contributed by atoms with Crippen molar-refractivity contribution in [3.63, 3.8) is 0 Å². The lowest BCUT2D eigenvalue weighted by Crippen LogP contribution is -2.06. The van der Waals surface area contributed by atoms with Crippen LogP contribution in [0.1, 0.15) is 51.0 Å². The predicted octanol–water partition coefficient (Wildman–Crippen LogP) is 6.41. The van der Waals surface area contributed by atoms with Crippen molar-refractivity contribution in [2.45, 2.75) is 53.0 Å². The standard InChI is InChI=1S/C18H21Cl3N4/c1-5-6-7-24-15-11(4)23-25(18(15)22-17(24)10(2)3)16-13(20)8-12(19)9-14(16)21/h8-10H,5-7H2,1-4H3. The first-order chi connectivity index (χ1) is 11.8. The Bertz CT molecular complexity index is 901. The van der Waals surface area contributed by atoms with Crippen LogP contribution in [0, 0.1) is 6.92 Å². The summed E-state index contributed by atoms with van der Waals surface area (Å²) in [5.41, 5.74) is 3.34. The van der Waals surface area contributed by atoms with Crippen molar-refractivity contribution < 1.29 is 0 Å². The SMILES string of the molecule is CCCCn1c(C(C)C)nc2c1c(C)nn2-c1c(Cl)cc(Cl)cc1Cl. The van der Waals surface area contributed by atoms with Crippen LogP contribution in [0.4, 0.5) is 0 Å². The van der Waals surface area contributed by atoms with E-state index in [-0.39, 0.29) is 0 Å². The fourth-order valence-electron chi connectivity index (χ4n) is 3.08. The third-order valence-electron chi connectivity index (χ3n) is 4.22. The van der Waals surface area contributed by atoms with E-state index in [9.17, 15) is 0 Å². The third kappa shape index (κ3) is 3.27. The summed E-state index contributed by atoms with van der Waals surface area (Å²) >= 11 is 18.9. The number of benzene rings is 1. The highest BCUT2D eigenvalue weighted by atomic mass is 35.5. The van der Waals surface area contributed by atoms with Crippen molar-refractivity contribution in [2.75, 3.05) is 0 Å². The lowest BCUT2D eigenvalue weighted by Gasteiger charge is -2.10. The van der Waals surface area contributed by atoms with Gasteiger partial charge >= 0.3 is 0 Å². The van der Waals surface area contributed by atoms with Gasteiger partial charge in [0.2, 0.25) is 0 Å². The molecule has 0 N–H and O–H groups in total. The van der Waals surface area contributed by atoms with Crippen molar-refractivity contribution in [1.29, 1.82) is 0 Å². The lowest BCUT2D eigenvalue weighted by atomic mass is 10.2. The Morgan fingerprint density at radius 1 is 1.12 bits per heavy atom. The van der Waals surface area contributed by atoms with E-state index in [1.165, 1.54) is 0 Å². The Kier molecular flexibility index (Phi) is 5.33.